The predicted octanol–water partition coefficient (Wildman–Crippen LogP) is 3.73. The third-order valence-corrected chi connectivity index (χ3v) is 5.08. The highest BCUT2D eigenvalue weighted by atomic mass is 35.5. The molecule has 0 bridgehead atoms. The summed E-state index contributed by atoms with van der Waals surface area (Å²) in [7, 11) is 1.66. The van der Waals surface area contributed by atoms with Crippen molar-refractivity contribution in [2.24, 2.45) is 0 Å². The first-order valence-electron chi connectivity index (χ1n) is 8.76. The van der Waals surface area contributed by atoms with Crippen molar-refractivity contribution in [3.8, 4) is 11.5 Å². The Morgan fingerprint density at radius 2 is 1.74 bits per heavy atom. The maximum Gasteiger partial charge on any atom is 0.260 e. The number of ether oxygens (including phenoxy) is 2. The van der Waals surface area contributed by atoms with E-state index in [9.17, 15) is 4.79 Å². The molecule has 0 spiro atoms. The van der Waals surface area contributed by atoms with Gasteiger partial charge in [0.25, 0.3) is 5.91 Å². The lowest BCUT2D eigenvalue weighted by Gasteiger charge is -2.34. The number of piperazine rings is 1. The van der Waals surface area contributed by atoms with E-state index < -0.39 is 0 Å². The minimum absolute atomic E-state index is 0.0431. The molecule has 0 unspecified atom stereocenters. The maximum atomic E-state index is 12.4. The molecule has 0 atom stereocenters. The maximum absolute atomic E-state index is 12.4. The van der Waals surface area contributed by atoms with Crippen molar-refractivity contribution >= 4 is 29.1 Å². The van der Waals surface area contributed by atoms with E-state index in [1.54, 1.807) is 25.3 Å². The van der Waals surface area contributed by atoms with E-state index in [0.717, 1.165) is 25.4 Å². The second-order valence-electron chi connectivity index (χ2n) is 6.37. The Labute approximate surface area is 169 Å². The molecule has 1 amide bonds. The summed E-state index contributed by atoms with van der Waals surface area (Å²) in [6, 6.07) is 13.0. The van der Waals surface area contributed by atoms with E-state index in [1.807, 2.05) is 17.0 Å². The van der Waals surface area contributed by atoms with Crippen molar-refractivity contribution in [1.82, 2.24) is 9.80 Å². The summed E-state index contributed by atoms with van der Waals surface area (Å²) in [5, 5.41) is 0.963. The molecular weight excluding hydrogens is 387 g/mol. The summed E-state index contributed by atoms with van der Waals surface area (Å²) < 4.78 is 10.7. The Bertz CT molecular complexity index is 775. The van der Waals surface area contributed by atoms with Crippen LogP contribution in [0.4, 0.5) is 0 Å². The summed E-state index contributed by atoms with van der Waals surface area (Å²) in [5.74, 6) is 1.24. The molecule has 0 saturated carbocycles. The molecule has 1 heterocycles. The highest BCUT2D eigenvalue weighted by molar-refractivity contribution is 6.34. The number of nitrogens with zero attached hydrogens (tertiary/aromatic N) is 2. The number of amides is 1. The molecule has 2 aromatic carbocycles. The normalized spacial score (nSPS) is 14.9. The molecule has 0 radical (unpaired) electrons. The molecule has 3 rings (SSSR count). The lowest BCUT2D eigenvalue weighted by atomic mass is 10.2. The van der Waals surface area contributed by atoms with Gasteiger partial charge in [-0.25, -0.2) is 0 Å². The average molecular weight is 409 g/mol. The van der Waals surface area contributed by atoms with Crippen LogP contribution in [0.1, 0.15) is 5.56 Å². The van der Waals surface area contributed by atoms with Gasteiger partial charge in [-0.15, -0.1) is 0 Å². The first-order valence-corrected chi connectivity index (χ1v) is 9.51. The van der Waals surface area contributed by atoms with E-state index >= 15 is 0 Å². The van der Waals surface area contributed by atoms with Crippen LogP contribution < -0.4 is 9.47 Å². The van der Waals surface area contributed by atoms with Crippen LogP contribution in [0.3, 0.4) is 0 Å². The SMILES string of the molecule is COc1ccc(CN2CCN(C(=O)COc3cc(Cl)ccc3Cl)CC2)cc1. The molecule has 7 heteroatoms. The first kappa shape index (κ1) is 19.8. The van der Waals surface area contributed by atoms with Gasteiger partial charge in [-0.2, -0.15) is 0 Å². The Morgan fingerprint density at radius 3 is 2.41 bits per heavy atom. The molecule has 144 valence electrons. The van der Waals surface area contributed by atoms with E-state index in [2.05, 4.69) is 17.0 Å². The second-order valence-corrected chi connectivity index (χ2v) is 7.21. The molecule has 1 aliphatic heterocycles. The average Bonchev–Trinajstić information content (AvgIpc) is 2.69. The number of carbonyl (C=O) groups excluding carboxylic acids is 1. The fraction of sp³-hybridized carbons (Fsp3) is 0.350. The Kier molecular flexibility index (Phi) is 6.83. The molecule has 1 fully saturated rings. The van der Waals surface area contributed by atoms with Crippen molar-refractivity contribution in [2.75, 3.05) is 39.9 Å². The minimum Gasteiger partial charge on any atom is -0.497 e. The van der Waals surface area contributed by atoms with Crippen LogP contribution in [-0.4, -0.2) is 55.6 Å². The van der Waals surface area contributed by atoms with E-state index in [4.69, 9.17) is 32.7 Å². The topological polar surface area (TPSA) is 42.0 Å². The van der Waals surface area contributed by atoms with Gasteiger partial charge < -0.3 is 14.4 Å². The van der Waals surface area contributed by atoms with Crippen molar-refractivity contribution in [1.29, 1.82) is 0 Å². The van der Waals surface area contributed by atoms with Crippen molar-refractivity contribution < 1.29 is 14.3 Å². The predicted molar refractivity (Wildman–Crippen MR) is 107 cm³/mol. The molecule has 1 aliphatic rings. The Balaban J connectivity index is 1.45. The molecule has 27 heavy (non-hydrogen) atoms. The summed E-state index contributed by atoms with van der Waals surface area (Å²) in [6.07, 6.45) is 0. The van der Waals surface area contributed by atoms with Crippen LogP contribution >= 0.6 is 23.2 Å². The highest BCUT2D eigenvalue weighted by Gasteiger charge is 2.21. The third kappa shape index (κ3) is 5.51. The largest absolute Gasteiger partial charge is 0.497 e. The lowest BCUT2D eigenvalue weighted by molar-refractivity contribution is -0.135. The first-order chi connectivity index (χ1) is 13.0. The van der Waals surface area contributed by atoms with E-state index in [1.165, 1.54) is 5.56 Å². The number of halogens is 2. The number of carbonyl (C=O) groups is 1. The number of hydrogen-bond acceptors (Lipinski definition) is 4. The van der Waals surface area contributed by atoms with Gasteiger partial charge in [-0.05, 0) is 29.8 Å². The number of hydrogen-bond donors (Lipinski definition) is 0. The van der Waals surface area contributed by atoms with Gasteiger partial charge in [0.15, 0.2) is 6.61 Å². The summed E-state index contributed by atoms with van der Waals surface area (Å²) in [4.78, 5) is 16.6. The Hall–Kier alpha value is -1.95. The fourth-order valence-corrected chi connectivity index (χ4v) is 3.30. The standard InChI is InChI=1S/C20H22Cl2N2O3/c1-26-17-5-2-15(3-6-17)13-23-8-10-24(11-9-23)20(25)14-27-19-12-16(21)4-7-18(19)22/h2-7,12H,8-11,13-14H2,1H3. The molecule has 0 aliphatic carbocycles. The highest BCUT2D eigenvalue weighted by Crippen LogP contribution is 2.27. The molecule has 2 aromatic rings. The van der Waals surface area contributed by atoms with E-state index in [0.29, 0.717) is 28.9 Å². The van der Waals surface area contributed by atoms with Crippen LogP contribution in [0.15, 0.2) is 42.5 Å². The third-order valence-electron chi connectivity index (χ3n) is 4.53. The van der Waals surface area contributed by atoms with Crippen LogP contribution in [0.2, 0.25) is 10.0 Å². The molecule has 0 N–H and O–H groups in total. The van der Waals surface area contributed by atoms with E-state index in [-0.39, 0.29) is 12.5 Å². The quantitative estimate of drug-likeness (QED) is 0.730. The smallest absolute Gasteiger partial charge is 0.260 e. The van der Waals surface area contributed by atoms with Gasteiger partial charge >= 0.3 is 0 Å². The summed E-state index contributed by atoms with van der Waals surface area (Å²) >= 11 is 12.0. The molecule has 1 saturated heterocycles. The zero-order valence-electron chi connectivity index (χ0n) is 15.2. The van der Waals surface area contributed by atoms with Crippen molar-refractivity contribution in [2.45, 2.75) is 6.54 Å². The molecule has 5 nitrogen and oxygen atoms in total. The number of methoxy groups -OCH3 is 1. The van der Waals surface area contributed by atoms with Crippen LogP contribution in [0.25, 0.3) is 0 Å². The van der Waals surface area contributed by atoms with Crippen LogP contribution in [0, 0.1) is 0 Å². The van der Waals surface area contributed by atoms with Crippen molar-refractivity contribution in [3.63, 3.8) is 0 Å². The van der Waals surface area contributed by atoms with Gasteiger partial charge in [0, 0.05) is 43.8 Å². The summed E-state index contributed by atoms with van der Waals surface area (Å²) in [6.45, 7) is 3.84. The Morgan fingerprint density at radius 1 is 1.04 bits per heavy atom. The lowest BCUT2D eigenvalue weighted by Crippen LogP contribution is -2.49. The fourth-order valence-electron chi connectivity index (χ4n) is 2.96. The molecule has 0 aromatic heterocycles. The van der Waals surface area contributed by atoms with Crippen LogP contribution in [0.5, 0.6) is 11.5 Å². The molecular formula is C20H22Cl2N2O3. The zero-order valence-corrected chi connectivity index (χ0v) is 16.7. The number of rotatable bonds is 6. The van der Waals surface area contributed by atoms with Gasteiger partial charge in [-0.1, -0.05) is 35.3 Å². The van der Waals surface area contributed by atoms with Gasteiger partial charge in [0.1, 0.15) is 11.5 Å². The zero-order chi connectivity index (χ0) is 19.2. The van der Waals surface area contributed by atoms with Crippen molar-refractivity contribution in [3.05, 3.63) is 58.1 Å². The van der Waals surface area contributed by atoms with Gasteiger partial charge in [-0.3, -0.25) is 9.69 Å². The van der Waals surface area contributed by atoms with Gasteiger partial charge in [0.05, 0.1) is 12.1 Å². The monoisotopic (exact) mass is 408 g/mol. The second kappa shape index (κ2) is 9.31. The van der Waals surface area contributed by atoms with Crippen LogP contribution in [-0.2, 0) is 11.3 Å². The minimum atomic E-state index is -0.0462. The number of benzene rings is 2. The van der Waals surface area contributed by atoms with Gasteiger partial charge in [0.2, 0.25) is 0 Å². The summed E-state index contributed by atoms with van der Waals surface area (Å²) in [5.41, 5.74) is 1.23.